The number of aryl methyl sites for hydroxylation is 1. The first-order chi connectivity index (χ1) is 8.86. The zero-order valence-corrected chi connectivity index (χ0v) is 13.4. The minimum Gasteiger partial charge on any atom is -0.385 e. The molecular formula is C15H26N2OS. The number of nitrogens with zero attached hydrogens (tertiary/aromatic N) is 2. The van der Waals surface area contributed by atoms with Crippen LogP contribution >= 0.6 is 11.3 Å². The lowest BCUT2D eigenvalue weighted by atomic mass is 9.99. The topological polar surface area (TPSA) is 36.4 Å². The van der Waals surface area contributed by atoms with E-state index >= 15 is 0 Å². The average molecular weight is 282 g/mol. The Morgan fingerprint density at radius 1 is 1.37 bits per heavy atom. The maximum absolute atomic E-state index is 10.1. The summed E-state index contributed by atoms with van der Waals surface area (Å²) in [6.07, 6.45) is 3.66. The second-order valence-electron chi connectivity index (χ2n) is 6.36. The highest BCUT2D eigenvalue weighted by molar-refractivity contribution is 7.11. The Kier molecular flexibility index (Phi) is 4.64. The number of piperidine rings is 1. The molecule has 1 aromatic heterocycles. The van der Waals surface area contributed by atoms with E-state index in [0.29, 0.717) is 0 Å². The molecule has 0 radical (unpaired) electrons. The molecule has 1 saturated heterocycles. The number of aromatic nitrogens is 1. The summed E-state index contributed by atoms with van der Waals surface area (Å²) in [5.74, 6) is 0.889. The maximum Gasteiger partial charge on any atom is 0.0950 e. The van der Waals surface area contributed by atoms with Crippen molar-refractivity contribution >= 4 is 11.3 Å². The molecule has 4 heteroatoms. The van der Waals surface area contributed by atoms with Gasteiger partial charge in [0, 0.05) is 13.0 Å². The van der Waals surface area contributed by atoms with Crippen molar-refractivity contribution in [3.05, 3.63) is 15.6 Å². The summed E-state index contributed by atoms with van der Waals surface area (Å²) in [7, 11) is 0. The molecule has 1 aromatic rings. The van der Waals surface area contributed by atoms with Gasteiger partial charge in [0.15, 0.2) is 0 Å². The monoisotopic (exact) mass is 282 g/mol. The van der Waals surface area contributed by atoms with E-state index < -0.39 is 5.60 Å². The third-order valence-corrected chi connectivity index (χ3v) is 5.44. The van der Waals surface area contributed by atoms with Crippen molar-refractivity contribution in [3.63, 3.8) is 0 Å². The van der Waals surface area contributed by atoms with Gasteiger partial charge in [0.05, 0.1) is 21.2 Å². The van der Waals surface area contributed by atoms with Gasteiger partial charge in [-0.05, 0) is 52.6 Å². The molecule has 0 saturated carbocycles. The summed E-state index contributed by atoms with van der Waals surface area (Å²) in [6, 6.07) is 0. The van der Waals surface area contributed by atoms with Gasteiger partial charge in [0.25, 0.3) is 0 Å². The Bertz CT molecular complexity index is 414. The van der Waals surface area contributed by atoms with Crippen LogP contribution in [0.25, 0.3) is 0 Å². The highest BCUT2D eigenvalue weighted by atomic mass is 32.1. The Balaban J connectivity index is 1.90. The van der Waals surface area contributed by atoms with Crippen LogP contribution in [0, 0.1) is 12.8 Å². The van der Waals surface area contributed by atoms with Crippen LogP contribution in [0.1, 0.15) is 49.2 Å². The van der Waals surface area contributed by atoms with Crippen LogP contribution in [0.5, 0.6) is 0 Å². The lowest BCUT2D eigenvalue weighted by Crippen LogP contribution is -2.34. The number of likely N-dealkylation sites (tertiary alicyclic amines) is 1. The molecule has 0 bridgehead atoms. The third-order valence-electron chi connectivity index (χ3n) is 3.91. The highest BCUT2D eigenvalue weighted by Crippen LogP contribution is 2.29. The van der Waals surface area contributed by atoms with Gasteiger partial charge in [-0.1, -0.05) is 6.92 Å². The molecule has 0 amide bonds. The molecule has 1 aliphatic heterocycles. The second-order valence-corrected chi connectivity index (χ2v) is 7.44. The van der Waals surface area contributed by atoms with Crippen molar-refractivity contribution in [2.75, 3.05) is 19.6 Å². The molecular weight excluding hydrogens is 256 g/mol. The third kappa shape index (κ3) is 4.01. The summed E-state index contributed by atoms with van der Waals surface area (Å²) < 4.78 is 0. The van der Waals surface area contributed by atoms with Crippen molar-refractivity contribution in [1.29, 1.82) is 0 Å². The van der Waals surface area contributed by atoms with Gasteiger partial charge in [-0.15, -0.1) is 11.3 Å². The molecule has 0 aromatic carbocycles. The predicted octanol–water partition coefficient (Wildman–Crippen LogP) is 2.95. The average Bonchev–Trinajstić information content (AvgIpc) is 2.70. The lowest BCUT2D eigenvalue weighted by molar-refractivity contribution is 0.0817. The standard InChI is InChI=1S/C15H26N2OS/c1-11-5-8-17(9-6-11)10-7-13-16-12(2)14(19-13)15(3,4)18/h11,18H,5-10H2,1-4H3. The molecule has 19 heavy (non-hydrogen) atoms. The molecule has 1 aliphatic rings. The molecule has 0 aliphatic carbocycles. The Morgan fingerprint density at radius 3 is 2.53 bits per heavy atom. The number of rotatable bonds is 4. The van der Waals surface area contributed by atoms with Gasteiger partial charge in [-0.25, -0.2) is 4.98 Å². The first kappa shape index (κ1) is 14.9. The molecule has 0 atom stereocenters. The molecule has 1 fully saturated rings. The summed E-state index contributed by atoms with van der Waals surface area (Å²) >= 11 is 1.67. The first-order valence-corrected chi connectivity index (χ1v) is 8.09. The number of hydrogen-bond acceptors (Lipinski definition) is 4. The van der Waals surface area contributed by atoms with E-state index in [4.69, 9.17) is 0 Å². The zero-order valence-electron chi connectivity index (χ0n) is 12.6. The summed E-state index contributed by atoms with van der Waals surface area (Å²) in [6.45, 7) is 11.6. The van der Waals surface area contributed by atoms with Gasteiger partial charge in [-0.2, -0.15) is 0 Å². The van der Waals surface area contributed by atoms with Crippen LogP contribution in [0.3, 0.4) is 0 Å². The highest BCUT2D eigenvalue weighted by Gasteiger charge is 2.23. The normalized spacial score (nSPS) is 19.0. The molecule has 108 valence electrons. The van der Waals surface area contributed by atoms with Crippen LogP contribution in [-0.2, 0) is 12.0 Å². The van der Waals surface area contributed by atoms with Gasteiger partial charge in [-0.3, -0.25) is 0 Å². The minimum absolute atomic E-state index is 0.763. The molecule has 1 N–H and O–H groups in total. The van der Waals surface area contributed by atoms with E-state index in [2.05, 4.69) is 16.8 Å². The molecule has 2 heterocycles. The summed E-state index contributed by atoms with van der Waals surface area (Å²) in [4.78, 5) is 8.16. The van der Waals surface area contributed by atoms with E-state index in [9.17, 15) is 5.11 Å². The minimum atomic E-state index is -0.763. The van der Waals surface area contributed by atoms with Crippen molar-refractivity contribution < 1.29 is 5.11 Å². The molecule has 2 rings (SSSR count). The molecule has 0 unspecified atom stereocenters. The lowest BCUT2D eigenvalue weighted by Gasteiger charge is -2.29. The van der Waals surface area contributed by atoms with Crippen LogP contribution in [0.2, 0.25) is 0 Å². The summed E-state index contributed by atoms with van der Waals surface area (Å²) in [5, 5.41) is 11.2. The maximum atomic E-state index is 10.1. The van der Waals surface area contributed by atoms with Crippen molar-refractivity contribution in [3.8, 4) is 0 Å². The smallest absolute Gasteiger partial charge is 0.0950 e. The van der Waals surface area contributed by atoms with Gasteiger partial charge < -0.3 is 10.0 Å². The van der Waals surface area contributed by atoms with Crippen molar-refractivity contribution in [1.82, 2.24) is 9.88 Å². The Morgan fingerprint density at radius 2 is 2.00 bits per heavy atom. The molecule has 0 spiro atoms. The summed E-state index contributed by atoms with van der Waals surface area (Å²) in [5.41, 5.74) is 0.223. The predicted molar refractivity (Wildman–Crippen MR) is 80.6 cm³/mol. The Labute approximate surface area is 120 Å². The van der Waals surface area contributed by atoms with Crippen molar-refractivity contribution in [2.24, 2.45) is 5.92 Å². The van der Waals surface area contributed by atoms with E-state index in [1.54, 1.807) is 11.3 Å². The van der Waals surface area contributed by atoms with Crippen LogP contribution < -0.4 is 0 Å². The van der Waals surface area contributed by atoms with E-state index in [-0.39, 0.29) is 0 Å². The van der Waals surface area contributed by atoms with E-state index in [1.807, 2.05) is 20.8 Å². The first-order valence-electron chi connectivity index (χ1n) is 7.28. The van der Waals surface area contributed by atoms with E-state index in [1.165, 1.54) is 25.9 Å². The SMILES string of the molecule is Cc1nc(CCN2CCC(C)CC2)sc1C(C)(C)O. The van der Waals surface area contributed by atoms with Gasteiger partial charge in [0.2, 0.25) is 0 Å². The zero-order chi connectivity index (χ0) is 14.0. The molecule has 3 nitrogen and oxygen atoms in total. The quantitative estimate of drug-likeness (QED) is 0.922. The van der Waals surface area contributed by atoms with Gasteiger partial charge in [0.1, 0.15) is 0 Å². The number of hydrogen-bond donors (Lipinski definition) is 1. The second kappa shape index (κ2) is 5.90. The van der Waals surface area contributed by atoms with Crippen LogP contribution in [-0.4, -0.2) is 34.6 Å². The largest absolute Gasteiger partial charge is 0.385 e. The van der Waals surface area contributed by atoms with Gasteiger partial charge >= 0.3 is 0 Å². The Hall–Kier alpha value is -0.450. The fourth-order valence-electron chi connectivity index (χ4n) is 2.67. The fourth-order valence-corrected chi connectivity index (χ4v) is 3.72. The van der Waals surface area contributed by atoms with Crippen LogP contribution in [0.4, 0.5) is 0 Å². The van der Waals surface area contributed by atoms with Crippen molar-refractivity contribution in [2.45, 2.75) is 52.6 Å². The van der Waals surface area contributed by atoms with E-state index in [0.717, 1.165) is 34.5 Å². The number of aliphatic hydroxyl groups is 1. The van der Waals surface area contributed by atoms with Crippen LogP contribution in [0.15, 0.2) is 0 Å². The number of thiazole rings is 1. The fraction of sp³-hybridized carbons (Fsp3) is 0.800.